The smallest absolute Gasteiger partial charge is 0.129 e. The van der Waals surface area contributed by atoms with E-state index in [0.29, 0.717) is 17.1 Å². The van der Waals surface area contributed by atoms with Crippen LogP contribution in [0, 0.1) is 5.82 Å². The van der Waals surface area contributed by atoms with E-state index in [4.69, 9.17) is 11.6 Å². The van der Waals surface area contributed by atoms with E-state index < -0.39 is 6.10 Å². The zero-order valence-electron chi connectivity index (χ0n) is 14.8. The number of nitrogens with zero attached hydrogens (tertiary/aromatic N) is 2. The average Bonchev–Trinajstić information content (AvgIpc) is 2.76. The fourth-order valence-electron chi connectivity index (χ4n) is 3.95. The quantitative estimate of drug-likeness (QED) is 0.695. The fraction of sp³-hybridized carbons (Fsp3) is 0.364. The van der Waals surface area contributed by atoms with Crippen molar-refractivity contribution < 1.29 is 9.50 Å². The summed E-state index contributed by atoms with van der Waals surface area (Å²) in [4.78, 5) is 2.31. The van der Waals surface area contributed by atoms with Crippen LogP contribution in [0.15, 0.2) is 42.5 Å². The largest absolute Gasteiger partial charge is 0.386 e. The number of aliphatic hydroxyl groups excluding tert-OH is 1. The Morgan fingerprint density at radius 2 is 1.89 bits per heavy atom. The highest BCUT2D eigenvalue weighted by atomic mass is 35.5. The van der Waals surface area contributed by atoms with Gasteiger partial charge in [0, 0.05) is 46.7 Å². The van der Waals surface area contributed by atoms with Crippen molar-refractivity contribution in [1.29, 1.82) is 0 Å². The summed E-state index contributed by atoms with van der Waals surface area (Å²) in [6.07, 6.45) is 0.959. The summed E-state index contributed by atoms with van der Waals surface area (Å²) in [6, 6.07) is 12.3. The molecule has 0 amide bonds. The van der Waals surface area contributed by atoms with Gasteiger partial charge in [-0.2, -0.15) is 0 Å². The van der Waals surface area contributed by atoms with Crippen LogP contribution >= 0.6 is 11.6 Å². The Bertz CT molecular complexity index is 953. The first-order valence-electron chi connectivity index (χ1n) is 8.95. The highest BCUT2D eigenvalue weighted by molar-refractivity contribution is 6.31. The Labute approximate surface area is 165 Å². The molecular weight excluding hydrogens is 363 g/mol. The lowest BCUT2D eigenvalue weighted by Crippen LogP contribution is -2.21. The van der Waals surface area contributed by atoms with Gasteiger partial charge in [0.2, 0.25) is 0 Å². The van der Waals surface area contributed by atoms with E-state index in [1.165, 1.54) is 17.3 Å². The van der Waals surface area contributed by atoms with Crippen LogP contribution in [0.4, 0.5) is 4.39 Å². The standard InChI is InChI=1S/C21H22ClFN2O.CH4/c1-24-10-8-15-17-12-14(22)6-7-19(17)25(20(15)9-11-24)13-21(26)16-4-2-3-5-18(16)23;/h2-7,12,21,26H,8-11,13H2,1H3;1H4. The van der Waals surface area contributed by atoms with Crippen LogP contribution in [0.25, 0.3) is 10.9 Å². The summed E-state index contributed by atoms with van der Waals surface area (Å²) in [5.41, 5.74) is 3.91. The number of halogens is 2. The molecule has 0 spiro atoms. The van der Waals surface area contributed by atoms with E-state index in [9.17, 15) is 9.50 Å². The highest BCUT2D eigenvalue weighted by Gasteiger charge is 2.23. The number of fused-ring (bicyclic) bond motifs is 3. The topological polar surface area (TPSA) is 28.4 Å². The molecule has 1 N–H and O–H groups in total. The lowest BCUT2D eigenvalue weighted by atomic mass is 10.1. The van der Waals surface area contributed by atoms with E-state index in [0.717, 1.165) is 36.8 Å². The Hall–Kier alpha value is -1.88. The van der Waals surface area contributed by atoms with E-state index in [-0.39, 0.29) is 13.2 Å². The molecule has 1 aliphatic heterocycles. The molecule has 0 aliphatic carbocycles. The molecule has 0 bridgehead atoms. The molecule has 5 heteroatoms. The van der Waals surface area contributed by atoms with Crippen molar-refractivity contribution in [2.45, 2.75) is 32.9 Å². The van der Waals surface area contributed by atoms with Crippen molar-refractivity contribution in [3.8, 4) is 0 Å². The molecular formula is C22H26ClFN2O. The first-order chi connectivity index (χ1) is 12.5. The van der Waals surface area contributed by atoms with Crippen LogP contribution < -0.4 is 0 Å². The van der Waals surface area contributed by atoms with Crippen molar-refractivity contribution in [1.82, 2.24) is 9.47 Å². The van der Waals surface area contributed by atoms with Crippen LogP contribution in [0.3, 0.4) is 0 Å². The van der Waals surface area contributed by atoms with Crippen LogP contribution in [0.5, 0.6) is 0 Å². The molecule has 4 rings (SSSR count). The molecule has 3 nitrogen and oxygen atoms in total. The Morgan fingerprint density at radius 3 is 2.67 bits per heavy atom. The van der Waals surface area contributed by atoms with Crippen LogP contribution in [-0.2, 0) is 19.4 Å². The number of hydrogen-bond donors (Lipinski definition) is 1. The first kappa shape index (κ1) is 19.9. The average molecular weight is 389 g/mol. The van der Waals surface area contributed by atoms with Gasteiger partial charge < -0.3 is 14.6 Å². The molecule has 3 aromatic rings. The van der Waals surface area contributed by atoms with Gasteiger partial charge in [-0.1, -0.05) is 37.2 Å². The summed E-state index contributed by atoms with van der Waals surface area (Å²) in [7, 11) is 2.12. The molecule has 2 heterocycles. The molecule has 1 aromatic heterocycles. The molecule has 27 heavy (non-hydrogen) atoms. The minimum absolute atomic E-state index is 0. The number of rotatable bonds is 3. The maximum absolute atomic E-state index is 14.1. The van der Waals surface area contributed by atoms with Gasteiger partial charge in [0.25, 0.3) is 0 Å². The highest BCUT2D eigenvalue weighted by Crippen LogP contribution is 2.33. The van der Waals surface area contributed by atoms with Gasteiger partial charge in [0.05, 0.1) is 12.6 Å². The lowest BCUT2D eigenvalue weighted by Gasteiger charge is -2.17. The van der Waals surface area contributed by atoms with Gasteiger partial charge >= 0.3 is 0 Å². The van der Waals surface area contributed by atoms with Gasteiger partial charge in [0.15, 0.2) is 0 Å². The lowest BCUT2D eigenvalue weighted by molar-refractivity contribution is 0.152. The second-order valence-electron chi connectivity index (χ2n) is 7.04. The van der Waals surface area contributed by atoms with Gasteiger partial charge in [-0.15, -0.1) is 0 Å². The molecule has 144 valence electrons. The summed E-state index contributed by atoms with van der Waals surface area (Å²) in [6.45, 7) is 2.29. The van der Waals surface area contributed by atoms with Crippen molar-refractivity contribution in [3.63, 3.8) is 0 Å². The predicted molar refractivity (Wildman–Crippen MR) is 110 cm³/mol. The zero-order valence-corrected chi connectivity index (χ0v) is 15.5. The van der Waals surface area contributed by atoms with Crippen molar-refractivity contribution >= 4 is 22.5 Å². The van der Waals surface area contributed by atoms with Gasteiger partial charge in [-0.3, -0.25) is 0 Å². The second-order valence-corrected chi connectivity index (χ2v) is 7.47. The molecule has 0 saturated carbocycles. The van der Waals surface area contributed by atoms with E-state index in [1.807, 2.05) is 18.2 Å². The first-order valence-corrected chi connectivity index (χ1v) is 9.33. The van der Waals surface area contributed by atoms with Crippen molar-refractivity contribution in [2.24, 2.45) is 0 Å². The molecule has 0 radical (unpaired) electrons. The monoisotopic (exact) mass is 388 g/mol. The van der Waals surface area contributed by atoms with E-state index in [2.05, 4.69) is 16.5 Å². The molecule has 1 aliphatic rings. The number of benzene rings is 2. The van der Waals surface area contributed by atoms with E-state index in [1.54, 1.807) is 18.2 Å². The van der Waals surface area contributed by atoms with E-state index >= 15 is 0 Å². The van der Waals surface area contributed by atoms with Crippen molar-refractivity contribution in [3.05, 3.63) is 70.1 Å². The molecule has 0 saturated heterocycles. The maximum atomic E-state index is 14.1. The summed E-state index contributed by atoms with van der Waals surface area (Å²) < 4.78 is 16.2. The summed E-state index contributed by atoms with van der Waals surface area (Å²) >= 11 is 6.24. The molecule has 2 aromatic carbocycles. The Kier molecular flexibility index (Phi) is 5.89. The number of aliphatic hydroxyl groups is 1. The van der Waals surface area contributed by atoms with Crippen molar-refractivity contribution in [2.75, 3.05) is 20.1 Å². The molecule has 1 atom stereocenters. The third kappa shape index (κ3) is 3.75. The van der Waals surface area contributed by atoms with Gasteiger partial charge in [-0.25, -0.2) is 4.39 Å². The zero-order chi connectivity index (χ0) is 18.3. The SMILES string of the molecule is C.CN1CCc2c(n(CC(O)c3ccccc3F)c3ccc(Cl)cc23)CC1. The molecule has 1 unspecified atom stereocenters. The summed E-state index contributed by atoms with van der Waals surface area (Å²) in [5, 5.41) is 12.6. The maximum Gasteiger partial charge on any atom is 0.129 e. The molecule has 0 fully saturated rings. The third-order valence-corrected chi connectivity index (χ3v) is 5.58. The third-order valence-electron chi connectivity index (χ3n) is 5.34. The van der Waals surface area contributed by atoms with Gasteiger partial charge in [0.1, 0.15) is 5.82 Å². The fourth-order valence-corrected chi connectivity index (χ4v) is 4.12. The number of hydrogen-bond acceptors (Lipinski definition) is 2. The summed E-state index contributed by atoms with van der Waals surface area (Å²) in [5.74, 6) is -0.370. The minimum Gasteiger partial charge on any atom is -0.386 e. The van der Waals surface area contributed by atoms with Crippen LogP contribution in [0.2, 0.25) is 5.02 Å². The van der Waals surface area contributed by atoms with Crippen LogP contribution in [-0.4, -0.2) is 34.7 Å². The number of likely N-dealkylation sites (N-methyl/N-ethyl adjacent to an activating group) is 1. The minimum atomic E-state index is -0.896. The normalized spacial score (nSPS) is 15.9. The predicted octanol–water partition coefficient (Wildman–Crippen LogP) is 4.83. The Balaban J connectivity index is 0.00000210. The number of aromatic nitrogens is 1. The van der Waals surface area contributed by atoms with Gasteiger partial charge in [-0.05, 0) is 43.3 Å². The second kappa shape index (κ2) is 8.01. The van der Waals surface area contributed by atoms with Crippen LogP contribution in [0.1, 0.15) is 30.4 Å². The Morgan fingerprint density at radius 1 is 1.15 bits per heavy atom.